The fraction of sp³-hybridized carbons (Fsp3) is 0.800. The van der Waals surface area contributed by atoms with E-state index in [0.717, 1.165) is 0 Å². The number of carbonyl (C=O) groups excluding carboxylic acids is 1. The van der Waals surface area contributed by atoms with Crippen molar-refractivity contribution in [2.75, 3.05) is 14.2 Å². The summed E-state index contributed by atoms with van der Waals surface area (Å²) in [7, 11) is 2.51. The summed E-state index contributed by atoms with van der Waals surface area (Å²) in [6.07, 6.45) is 0.340. The molecule has 0 saturated heterocycles. The Hall–Kier alpha value is -0.450. The van der Waals surface area contributed by atoms with Gasteiger partial charge in [-0.3, -0.25) is 0 Å². The van der Waals surface area contributed by atoms with Crippen LogP contribution in [-0.2, 0) is 14.3 Å². The quantitative estimate of drug-likeness (QED) is 0.416. The summed E-state index contributed by atoms with van der Waals surface area (Å²) in [6.45, 7) is 0. The molecular weight excluding hydrogens is 124 g/mol. The van der Waals surface area contributed by atoms with Gasteiger partial charge in [0.25, 0.3) is 5.97 Å². The molecule has 0 aromatic rings. The Bertz CT molecular complexity index is 87.0. The van der Waals surface area contributed by atoms with E-state index in [4.69, 9.17) is 5.11 Å². The largest absolute Gasteiger partial charge is 0.343 e. The highest BCUT2D eigenvalue weighted by Gasteiger charge is 2.24. The van der Waals surface area contributed by atoms with Crippen molar-refractivity contribution >= 4 is 6.29 Å². The minimum absolute atomic E-state index is 0.181. The van der Waals surface area contributed by atoms with Crippen molar-refractivity contribution < 1.29 is 19.4 Å². The minimum Gasteiger partial charge on any atom is -0.343 e. The molecule has 0 fully saturated rings. The molecule has 54 valence electrons. The van der Waals surface area contributed by atoms with Crippen LogP contribution in [0, 0.1) is 0 Å². The predicted molar refractivity (Wildman–Crippen MR) is 29.6 cm³/mol. The Labute approximate surface area is 53.4 Å². The van der Waals surface area contributed by atoms with Crippen LogP contribution >= 0.6 is 0 Å². The molecule has 0 aliphatic rings. The molecule has 0 radical (unpaired) electrons. The van der Waals surface area contributed by atoms with E-state index in [1.165, 1.54) is 14.2 Å². The summed E-state index contributed by atoms with van der Waals surface area (Å²) < 4.78 is 8.86. The molecule has 0 spiro atoms. The maximum atomic E-state index is 9.82. The fourth-order valence-corrected chi connectivity index (χ4v) is 0.355. The number of aliphatic hydroxyl groups is 1. The van der Waals surface area contributed by atoms with E-state index >= 15 is 0 Å². The maximum absolute atomic E-state index is 9.82. The van der Waals surface area contributed by atoms with Gasteiger partial charge in [0.15, 0.2) is 0 Å². The molecule has 0 amide bonds. The summed E-state index contributed by atoms with van der Waals surface area (Å²) in [5.41, 5.74) is 0. The first-order chi connectivity index (χ1) is 4.18. The first-order valence-electron chi connectivity index (χ1n) is 2.45. The fourth-order valence-electron chi connectivity index (χ4n) is 0.355. The van der Waals surface area contributed by atoms with Crippen molar-refractivity contribution in [1.82, 2.24) is 0 Å². The van der Waals surface area contributed by atoms with Crippen LogP contribution in [0.4, 0.5) is 0 Å². The Balaban J connectivity index is 3.75. The topological polar surface area (TPSA) is 55.8 Å². The average Bonchev–Trinajstić information content (AvgIpc) is 1.89. The van der Waals surface area contributed by atoms with Gasteiger partial charge in [-0.25, -0.2) is 0 Å². The normalized spacial score (nSPS) is 11.4. The number of carbonyl (C=O) groups is 1. The van der Waals surface area contributed by atoms with Gasteiger partial charge in [-0.05, 0) is 0 Å². The van der Waals surface area contributed by atoms with E-state index < -0.39 is 5.97 Å². The lowest BCUT2D eigenvalue weighted by molar-refractivity contribution is -0.336. The molecule has 1 N–H and O–H groups in total. The number of hydrogen-bond acceptors (Lipinski definition) is 4. The number of ether oxygens (including phenoxy) is 2. The lowest BCUT2D eigenvalue weighted by Gasteiger charge is -2.20. The molecule has 0 unspecified atom stereocenters. The van der Waals surface area contributed by atoms with Crippen molar-refractivity contribution in [3.63, 3.8) is 0 Å². The van der Waals surface area contributed by atoms with Crippen LogP contribution < -0.4 is 0 Å². The SMILES string of the molecule is COC(O)(CC=O)OC. The molecular formula is C5H10O4. The first kappa shape index (κ1) is 8.55. The van der Waals surface area contributed by atoms with Crippen LogP contribution in [0.2, 0.25) is 0 Å². The molecule has 9 heavy (non-hydrogen) atoms. The summed E-state index contributed by atoms with van der Waals surface area (Å²) >= 11 is 0. The van der Waals surface area contributed by atoms with Crippen molar-refractivity contribution in [3.8, 4) is 0 Å². The first-order valence-corrected chi connectivity index (χ1v) is 2.45. The zero-order valence-electron chi connectivity index (χ0n) is 5.46. The van der Waals surface area contributed by atoms with Crippen LogP contribution in [-0.4, -0.2) is 31.6 Å². The molecule has 4 heteroatoms. The molecule has 0 heterocycles. The predicted octanol–water partition coefficient (Wildman–Crippen LogP) is -0.486. The van der Waals surface area contributed by atoms with E-state index in [-0.39, 0.29) is 6.42 Å². The van der Waals surface area contributed by atoms with Gasteiger partial charge >= 0.3 is 0 Å². The molecule has 0 saturated carbocycles. The van der Waals surface area contributed by atoms with Gasteiger partial charge in [-0.2, -0.15) is 0 Å². The molecule has 0 bridgehead atoms. The molecule has 0 aromatic heterocycles. The highest BCUT2D eigenvalue weighted by atomic mass is 16.8. The second-order valence-electron chi connectivity index (χ2n) is 1.49. The third-order valence-electron chi connectivity index (χ3n) is 0.979. The lowest BCUT2D eigenvalue weighted by atomic mass is 10.4. The van der Waals surface area contributed by atoms with Crippen LogP contribution in [0.15, 0.2) is 0 Å². The summed E-state index contributed by atoms with van der Waals surface area (Å²) in [5, 5.41) is 8.95. The smallest absolute Gasteiger partial charge is 0.286 e. The maximum Gasteiger partial charge on any atom is 0.286 e. The molecule has 0 aliphatic carbocycles. The van der Waals surface area contributed by atoms with Gasteiger partial charge in [0.05, 0.1) is 6.42 Å². The summed E-state index contributed by atoms with van der Waals surface area (Å²) in [6, 6.07) is 0. The summed E-state index contributed by atoms with van der Waals surface area (Å²) in [4.78, 5) is 9.82. The number of methoxy groups -OCH3 is 2. The highest BCUT2D eigenvalue weighted by molar-refractivity contribution is 5.50. The van der Waals surface area contributed by atoms with E-state index in [0.29, 0.717) is 6.29 Å². The van der Waals surface area contributed by atoms with E-state index in [1.807, 2.05) is 0 Å². The van der Waals surface area contributed by atoms with Crippen molar-refractivity contribution in [2.45, 2.75) is 12.4 Å². The highest BCUT2D eigenvalue weighted by Crippen LogP contribution is 2.08. The molecule has 0 rings (SSSR count). The van der Waals surface area contributed by atoms with Gasteiger partial charge in [-0.15, -0.1) is 0 Å². The third-order valence-corrected chi connectivity index (χ3v) is 0.979. The van der Waals surface area contributed by atoms with Crippen LogP contribution in [0.5, 0.6) is 0 Å². The number of aldehydes is 1. The van der Waals surface area contributed by atoms with Gasteiger partial charge < -0.3 is 19.4 Å². The zero-order chi connectivity index (χ0) is 7.33. The van der Waals surface area contributed by atoms with Crippen LogP contribution in [0.25, 0.3) is 0 Å². The monoisotopic (exact) mass is 134 g/mol. The van der Waals surface area contributed by atoms with Crippen LogP contribution in [0.1, 0.15) is 6.42 Å². The van der Waals surface area contributed by atoms with Gasteiger partial charge in [0.1, 0.15) is 6.29 Å². The molecule has 0 aliphatic heterocycles. The van der Waals surface area contributed by atoms with E-state index in [1.54, 1.807) is 0 Å². The van der Waals surface area contributed by atoms with E-state index in [9.17, 15) is 4.79 Å². The van der Waals surface area contributed by atoms with Gasteiger partial charge in [-0.1, -0.05) is 0 Å². The second-order valence-corrected chi connectivity index (χ2v) is 1.49. The molecule has 0 atom stereocenters. The third kappa shape index (κ3) is 2.55. The van der Waals surface area contributed by atoms with E-state index in [2.05, 4.69) is 9.47 Å². The Kier molecular flexibility index (Phi) is 3.37. The number of rotatable bonds is 4. The van der Waals surface area contributed by atoms with Crippen molar-refractivity contribution in [1.29, 1.82) is 0 Å². The standard InChI is InChI=1S/C5H10O4/c1-8-5(7,9-2)3-4-6/h4,7H,3H2,1-2H3. The second kappa shape index (κ2) is 3.55. The minimum atomic E-state index is -1.73. The molecule has 4 nitrogen and oxygen atoms in total. The Morgan fingerprint density at radius 2 is 2.00 bits per heavy atom. The van der Waals surface area contributed by atoms with Gasteiger partial charge in [0, 0.05) is 14.2 Å². The summed E-state index contributed by atoms with van der Waals surface area (Å²) in [5.74, 6) is -1.73. The zero-order valence-corrected chi connectivity index (χ0v) is 5.46. The number of hydrogen-bond donors (Lipinski definition) is 1. The molecule has 0 aromatic carbocycles. The lowest BCUT2D eigenvalue weighted by Crippen LogP contribution is -2.33. The van der Waals surface area contributed by atoms with Crippen molar-refractivity contribution in [2.24, 2.45) is 0 Å². The van der Waals surface area contributed by atoms with Crippen LogP contribution in [0.3, 0.4) is 0 Å². The Morgan fingerprint density at radius 3 is 2.11 bits per heavy atom. The average molecular weight is 134 g/mol. The Morgan fingerprint density at radius 1 is 1.56 bits per heavy atom. The van der Waals surface area contributed by atoms with Gasteiger partial charge in [0.2, 0.25) is 0 Å². The van der Waals surface area contributed by atoms with Crippen molar-refractivity contribution in [3.05, 3.63) is 0 Å².